The molecule has 0 aliphatic heterocycles. The minimum absolute atomic E-state index is 0.0266. The molecule has 2 heterocycles. The molecule has 2 N–H and O–H groups in total. The average Bonchev–Trinajstić information content (AvgIpc) is 3.23. The van der Waals surface area contributed by atoms with Gasteiger partial charge in [-0.15, -0.1) is 11.3 Å². The maximum absolute atomic E-state index is 12.6. The second kappa shape index (κ2) is 11.3. The summed E-state index contributed by atoms with van der Waals surface area (Å²) >= 11 is 1.55. The molecule has 0 saturated heterocycles. The Morgan fingerprint density at radius 2 is 1.77 bits per heavy atom. The van der Waals surface area contributed by atoms with Gasteiger partial charge in [0.2, 0.25) is 0 Å². The molecule has 0 bridgehead atoms. The molecule has 3 aromatic rings. The Morgan fingerprint density at radius 3 is 2.40 bits per heavy atom. The fraction of sp³-hybridized carbons (Fsp3) is 0.348. The molecule has 158 valence electrons. The first-order chi connectivity index (χ1) is 14.7. The zero-order valence-corrected chi connectivity index (χ0v) is 18.4. The summed E-state index contributed by atoms with van der Waals surface area (Å²) in [5, 5.41) is 9.12. The Balaban J connectivity index is 1.61. The number of urea groups is 1. The average molecular weight is 424 g/mol. The van der Waals surface area contributed by atoms with Crippen molar-refractivity contribution in [1.82, 2.24) is 14.9 Å². The lowest BCUT2D eigenvalue weighted by molar-refractivity contribution is 0.210. The molecule has 7 heteroatoms. The SMILES string of the molecule is CCCCN(CCCC)C(=O)Nc1ccc(-c2csc(Nc3cccnc3)n2)cc1. The van der Waals surface area contributed by atoms with Gasteiger partial charge < -0.3 is 15.5 Å². The Bertz CT molecular complexity index is 903. The number of aromatic nitrogens is 2. The van der Waals surface area contributed by atoms with E-state index in [-0.39, 0.29) is 6.03 Å². The first kappa shape index (κ1) is 21.8. The Kier molecular flexibility index (Phi) is 8.20. The number of amides is 2. The van der Waals surface area contributed by atoms with Crippen LogP contribution in [0.5, 0.6) is 0 Å². The Labute approximate surface area is 182 Å². The molecular formula is C23H29N5OS. The quantitative estimate of drug-likeness (QED) is 0.397. The van der Waals surface area contributed by atoms with Crippen molar-refractivity contribution in [3.05, 3.63) is 54.2 Å². The van der Waals surface area contributed by atoms with Crippen molar-refractivity contribution >= 4 is 33.9 Å². The molecule has 2 aromatic heterocycles. The summed E-state index contributed by atoms with van der Waals surface area (Å²) in [6.07, 6.45) is 7.71. The highest BCUT2D eigenvalue weighted by atomic mass is 32.1. The van der Waals surface area contributed by atoms with Crippen LogP contribution in [0.4, 0.5) is 21.3 Å². The van der Waals surface area contributed by atoms with E-state index in [1.165, 1.54) is 0 Å². The van der Waals surface area contributed by atoms with E-state index in [2.05, 4.69) is 34.4 Å². The summed E-state index contributed by atoms with van der Waals surface area (Å²) in [7, 11) is 0. The number of anilines is 3. The van der Waals surface area contributed by atoms with E-state index < -0.39 is 0 Å². The van der Waals surface area contributed by atoms with E-state index in [0.29, 0.717) is 0 Å². The molecule has 0 aliphatic carbocycles. The third-order valence-electron chi connectivity index (χ3n) is 4.70. The second-order valence-electron chi connectivity index (χ2n) is 7.11. The molecule has 30 heavy (non-hydrogen) atoms. The third kappa shape index (κ3) is 6.29. The molecule has 6 nitrogen and oxygen atoms in total. The molecule has 3 rings (SSSR count). The summed E-state index contributed by atoms with van der Waals surface area (Å²) in [4.78, 5) is 23.3. The molecule has 0 radical (unpaired) electrons. The number of nitrogens with zero attached hydrogens (tertiary/aromatic N) is 3. The van der Waals surface area contributed by atoms with Crippen molar-refractivity contribution in [1.29, 1.82) is 0 Å². The lowest BCUT2D eigenvalue weighted by Gasteiger charge is -2.22. The van der Waals surface area contributed by atoms with Crippen LogP contribution in [0.3, 0.4) is 0 Å². The molecule has 0 atom stereocenters. The van der Waals surface area contributed by atoms with E-state index >= 15 is 0 Å². The van der Waals surface area contributed by atoms with Crippen molar-refractivity contribution in [3.8, 4) is 11.3 Å². The number of rotatable bonds is 10. The third-order valence-corrected chi connectivity index (χ3v) is 5.46. The fourth-order valence-electron chi connectivity index (χ4n) is 2.96. The normalized spacial score (nSPS) is 10.6. The van der Waals surface area contributed by atoms with Crippen molar-refractivity contribution in [2.75, 3.05) is 23.7 Å². The fourth-order valence-corrected chi connectivity index (χ4v) is 3.70. The van der Waals surface area contributed by atoms with Crippen molar-refractivity contribution in [3.63, 3.8) is 0 Å². The predicted octanol–water partition coefficient (Wildman–Crippen LogP) is 6.38. The molecule has 2 amide bonds. The number of nitrogens with one attached hydrogen (secondary N) is 2. The summed E-state index contributed by atoms with van der Waals surface area (Å²) in [5.41, 5.74) is 3.62. The molecule has 0 unspecified atom stereocenters. The van der Waals surface area contributed by atoms with Crippen LogP contribution in [-0.4, -0.2) is 34.0 Å². The molecule has 0 aliphatic rings. The zero-order chi connectivity index (χ0) is 21.2. The van der Waals surface area contributed by atoms with Gasteiger partial charge in [0.15, 0.2) is 5.13 Å². The van der Waals surface area contributed by atoms with Crippen LogP contribution in [0.1, 0.15) is 39.5 Å². The van der Waals surface area contributed by atoms with Gasteiger partial charge in [-0.25, -0.2) is 9.78 Å². The standard InChI is InChI=1S/C23H29N5OS/c1-3-5-14-28(15-6-4-2)23(29)26-19-11-9-18(10-12-19)21-17-30-22(27-21)25-20-8-7-13-24-16-20/h7-13,16-17H,3-6,14-15H2,1-2H3,(H,25,27)(H,26,29). The van der Waals surface area contributed by atoms with Gasteiger partial charge in [-0.05, 0) is 37.1 Å². The van der Waals surface area contributed by atoms with Crippen molar-refractivity contribution in [2.24, 2.45) is 0 Å². The lowest BCUT2D eigenvalue weighted by Crippen LogP contribution is -2.36. The number of hydrogen-bond donors (Lipinski definition) is 2. The maximum Gasteiger partial charge on any atom is 0.321 e. The van der Waals surface area contributed by atoms with Crippen molar-refractivity contribution in [2.45, 2.75) is 39.5 Å². The lowest BCUT2D eigenvalue weighted by atomic mass is 10.1. The molecular weight excluding hydrogens is 394 g/mol. The number of pyridine rings is 1. The van der Waals surface area contributed by atoms with E-state index in [9.17, 15) is 4.79 Å². The maximum atomic E-state index is 12.6. The number of hydrogen-bond acceptors (Lipinski definition) is 5. The van der Waals surface area contributed by atoms with E-state index in [0.717, 1.165) is 66.5 Å². The van der Waals surface area contributed by atoms with Gasteiger partial charge in [-0.2, -0.15) is 0 Å². The first-order valence-electron chi connectivity index (χ1n) is 10.5. The van der Waals surface area contributed by atoms with Gasteiger partial charge in [-0.1, -0.05) is 38.8 Å². The van der Waals surface area contributed by atoms with Crippen molar-refractivity contribution < 1.29 is 4.79 Å². The van der Waals surface area contributed by atoms with Crippen LogP contribution in [0.15, 0.2) is 54.2 Å². The van der Waals surface area contributed by atoms with Gasteiger partial charge in [-0.3, -0.25) is 4.98 Å². The molecule has 1 aromatic carbocycles. The van der Waals surface area contributed by atoms with Crippen LogP contribution >= 0.6 is 11.3 Å². The molecule has 0 fully saturated rings. The Morgan fingerprint density at radius 1 is 1.03 bits per heavy atom. The largest absolute Gasteiger partial charge is 0.330 e. The number of carbonyl (C=O) groups is 1. The highest BCUT2D eigenvalue weighted by molar-refractivity contribution is 7.14. The van der Waals surface area contributed by atoms with E-state index in [1.807, 2.05) is 46.7 Å². The summed E-state index contributed by atoms with van der Waals surface area (Å²) in [5.74, 6) is 0. The predicted molar refractivity (Wildman–Crippen MR) is 125 cm³/mol. The van der Waals surface area contributed by atoms with Gasteiger partial charge in [0.1, 0.15) is 0 Å². The monoisotopic (exact) mass is 423 g/mol. The highest BCUT2D eigenvalue weighted by Gasteiger charge is 2.13. The van der Waals surface area contributed by atoms with Gasteiger partial charge in [0, 0.05) is 35.9 Å². The topological polar surface area (TPSA) is 70.2 Å². The summed E-state index contributed by atoms with van der Waals surface area (Å²) < 4.78 is 0. The number of benzene rings is 1. The highest BCUT2D eigenvalue weighted by Crippen LogP contribution is 2.27. The van der Waals surface area contributed by atoms with Gasteiger partial charge in [0.05, 0.1) is 17.6 Å². The minimum atomic E-state index is -0.0266. The second-order valence-corrected chi connectivity index (χ2v) is 7.96. The van der Waals surface area contributed by atoms with Crippen LogP contribution in [0, 0.1) is 0 Å². The van der Waals surface area contributed by atoms with E-state index in [4.69, 9.17) is 0 Å². The number of unbranched alkanes of at least 4 members (excludes halogenated alkanes) is 2. The molecule has 0 spiro atoms. The van der Waals surface area contributed by atoms with Gasteiger partial charge in [0.25, 0.3) is 0 Å². The van der Waals surface area contributed by atoms with E-state index in [1.54, 1.807) is 23.7 Å². The smallest absolute Gasteiger partial charge is 0.321 e. The van der Waals surface area contributed by atoms with Gasteiger partial charge >= 0.3 is 6.03 Å². The van der Waals surface area contributed by atoms with Crippen LogP contribution in [-0.2, 0) is 0 Å². The summed E-state index contributed by atoms with van der Waals surface area (Å²) in [6, 6.07) is 11.6. The first-order valence-corrected chi connectivity index (χ1v) is 11.4. The van der Waals surface area contributed by atoms with Crippen LogP contribution < -0.4 is 10.6 Å². The van der Waals surface area contributed by atoms with Crippen LogP contribution in [0.25, 0.3) is 11.3 Å². The summed E-state index contributed by atoms with van der Waals surface area (Å²) in [6.45, 7) is 5.88. The number of thiazole rings is 1. The Hall–Kier alpha value is -2.93. The molecule has 0 saturated carbocycles. The number of carbonyl (C=O) groups excluding carboxylic acids is 1. The van der Waals surface area contributed by atoms with Crippen LogP contribution in [0.2, 0.25) is 0 Å². The zero-order valence-electron chi connectivity index (χ0n) is 17.6. The minimum Gasteiger partial charge on any atom is -0.330 e.